The molecule has 0 spiro atoms. The molecule has 2 heterocycles. The van der Waals surface area contributed by atoms with E-state index in [9.17, 15) is 14.7 Å². The van der Waals surface area contributed by atoms with E-state index < -0.39 is 17.7 Å². The second-order valence-corrected chi connectivity index (χ2v) is 9.12. The summed E-state index contributed by atoms with van der Waals surface area (Å²) in [5.74, 6) is -1.37. The number of halogens is 3. The number of aliphatic hydroxyl groups is 1. The molecule has 0 bridgehead atoms. The fourth-order valence-electron chi connectivity index (χ4n) is 4.06. The second kappa shape index (κ2) is 10.7. The Morgan fingerprint density at radius 3 is 2.51 bits per heavy atom. The van der Waals surface area contributed by atoms with E-state index in [0.29, 0.717) is 41.5 Å². The molecule has 1 aliphatic heterocycles. The van der Waals surface area contributed by atoms with Gasteiger partial charge >= 0.3 is 0 Å². The summed E-state index contributed by atoms with van der Waals surface area (Å²) < 4.78 is 7.33. The average molecular weight is 535 g/mol. The first kappa shape index (κ1) is 25.1. The molecule has 1 aliphatic rings. The minimum Gasteiger partial charge on any atom is -0.507 e. The number of benzene rings is 2. The molecule has 182 valence electrons. The summed E-state index contributed by atoms with van der Waals surface area (Å²) in [6.07, 6.45) is 5.74. The third kappa shape index (κ3) is 5.17. The highest BCUT2D eigenvalue weighted by atomic mass is 35.5. The van der Waals surface area contributed by atoms with Crippen molar-refractivity contribution in [2.75, 3.05) is 13.2 Å². The molecule has 7 nitrogen and oxygen atoms in total. The van der Waals surface area contributed by atoms with E-state index in [4.69, 9.17) is 39.5 Å². The van der Waals surface area contributed by atoms with Crippen LogP contribution in [0.1, 0.15) is 30.5 Å². The van der Waals surface area contributed by atoms with Gasteiger partial charge in [0, 0.05) is 31.0 Å². The fourth-order valence-corrected chi connectivity index (χ4v) is 4.60. The molecule has 3 aromatic rings. The van der Waals surface area contributed by atoms with E-state index in [2.05, 4.69) is 4.98 Å². The molecule has 1 unspecified atom stereocenters. The lowest BCUT2D eigenvalue weighted by Gasteiger charge is -2.25. The third-order valence-corrected chi connectivity index (χ3v) is 6.71. The minimum atomic E-state index is -0.849. The molecule has 35 heavy (non-hydrogen) atoms. The first-order valence-electron chi connectivity index (χ1n) is 10.9. The molecule has 1 aromatic heterocycles. The number of amides is 1. The fraction of sp³-hybridized carbons (Fsp3) is 0.240. The maximum absolute atomic E-state index is 13.2. The van der Waals surface area contributed by atoms with E-state index in [1.165, 1.54) is 11.0 Å². The monoisotopic (exact) mass is 533 g/mol. The molecule has 1 amide bonds. The Balaban J connectivity index is 1.76. The van der Waals surface area contributed by atoms with E-state index in [-0.39, 0.29) is 27.9 Å². The Labute approximate surface area is 217 Å². The zero-order valence-corrected chi connectivity index (χ0v) is 21.0. The molecule has 1 N–H and O–H groups in total. The number of imidazole rings is 1. The number of ether oxygens (including phenoxy) is 1. The zero-order chi connectivity index (χ0) is 25.1. The van der Waals surface area contributed by atoms with Crippen molar-refractivity contribution in [3.8, 4) is 5.75 Å². The van der Waals surface area contributed by atoms with Crippen LogP contribution in [0.2, 0.25) is 15.1 Å². The number of Topliss-reactive ketones (excluding diaryl/α,β-unsaturated/α-hetero) is 1. The van der Waals surface area contributed by atoms with Crippen molar-refractivity contribution in [2.45, 2.75) is 25.9 Å². The van der Waals surface area contributed by atoms with Crippen LogP contribution in [0, 0.1) is 0 Å². The van der Waals surface area contributed by atoms with Crippen LogP contribution >= 0.6 is 34.8 Å². The molecular weight excluding hydrogens is 513 g/mol. The molecule has 1 fully saturated rings. The summed E-state index contributed by atoms with van der Waals surface area (Å²) in [6, 6.07) is 8.73. The standard InChI is InChI=1S/C25H22Cl3N3O4/c1-2-35-20-7-5-16(13-19(20)28)23(32)21-22(15-4-6-17(26)18(27)12-15)31(25(34)24(21)33)10-3-9-30-11-8-29-14-30/h4-8,11-14,22,32H,2-3,9-10H2,1H3/b23-21-. The van der Waals surface area contributed by atoms with Crippen molar-refractivity contribution in [3.63, 3.8) is 0 Å². The summed E-state index contributed by atoms with van der Waals surface area (Å²) >= 11 is 18.7. The summed E-state index contributed by atoms with van der Waals surface area (Å²) in [6.45, 7) is 3.13. The first-order valence-corrected chi connectivity index (χ1v) is 12.1. The molecule has 4 rings (SSSR count). The van der Waals surface area contributed by atoms with E-state index in [1.54, 1.807) is 42.9 Å². The molecule has 2 aromatic carbocycles. The number of carbonyl (C=O) groups is 2. The predicted octanol–water partition coefficient (Wildman–Crippen LogP) is 5.75. The van der Waals surface area contributed by atoms with E-state index in [0.717, 1.165) is 0 Å². The van der Waals surface area contributed by atoms with Gasteiger partial charge in [0.1, 0.15) is 11.5 Å². The van der Waals surface area contributed by atoms with Crippen LogP contribution in [0.4, 0.5) is 0 Å². The van der Waals surface area contributed by atoms with Crippen LogP contribution in [0.25, 0.3) is 5.76 Å². The van der Waals surface area contributed by atoms with Gasteiger partial charge in [-0.05, 0) is 49.2 Å². The van der Waals surface area contributed by atoms with Gasteiger partial charge in [0.05, 0.1) is 39.6 Å². The highest BCUT2D eigenvalue weighted by molar-refractivity contribution is 6.47. The topological polar surface area (TPSA) is 84.7 Å². The normalized spacial score (nSPS) is 17.3. The lowest BCUT2D eigenvalue weighted by molar-refractivity contribution is -0.139. The molecule has 0 saturated carbocycles. The molecule has 1 saturated heterocycles. The van der Waals surface area contributed by atoms with Crippen molar-refractivity contribution in [1.82, 2.24) is 14.5 Å². The number of carbonyl (C=O) groups excluding carboxylic acids is 2. The van der Waals surface area contributed by atoms with Gasteiger partial charge in [0.2, 0.25) is 0 Å². The smallest absolute Gasteiger partial charge is 0.295 e. The Bertz CT molecular complexity index is 1290. The van der Waals surface area contributed by atoms with Crippen molar-refractivity contribution in [1.29, 1.82) is 0 Å². The van der Waals surface area contributed by atoms with Crippen LogP contribution in [0.5, 0.6) is 5.75 Å². The Morgan fingerprint density at radius 2 is 1.86 bits per heavy atom. The van der Waals surface area contributed by atoms with Gasteiger partial charge in [-0.25, -0.2) is 4.98 Å². The maximum Gasteiger partial charge on any atom is 0.295 e. The third-order valence-electron chi connectivity index (χ3n) is 5.68. The largest absolute Gasteiger partial charge is 0.507 e. The Hall–Kier alpha value is -3.00. The van der Waals surface area contributed by atoms with Crippen molar-refractivity contribution in [2.24, 2.45) is 0 Å². The molecular formula is C25H22Cl3N3O4. The van der Waals surface area contributed by atoms with E-state index >= 15 is 0 Å². The van der Waals surface area contributed by atoms with Gasteiger partial charge in [-0.15, -0.1) is 0 Å². The van der Waals surface area contributed by atoms with E-state index in [1.807, 2.05) is 17.7 Å². The van der Waals surface area contributed by atoms with Crippen molar-refractivity contribution >= 4 is 52.3 Å². The van der Waals surface area contributed by atoms with Crippen LogP contribution in [0.3, 0.4) is 0 Å². The number of aromatic nitrogens is 2. The van der Waals surface area contributed by atoms with Crippen molar-refractivity contribution < 1.29 is 19.4 Å². The highest BCUT2D eigenvalue weighted by Gasteiger charge is 2.46. The first-order chi connectivity index (χ1) is 16.8. The van der Waals surface area contributed by atoms with Gasteiger partial charge < -0.3 is 19.3 Å². The SMILES string of the molecule is CCOc1ccc(/C(O)=C2/C(=O)C(=O)N(CCCn3ccnc3)C2c2ccc(Cl)c(Cl)c2)cc1Cl. The van der Waals surface area contributed by atoms with Crippen LogP contribution in [-0.2, 0) is 16.1 Å². The van der Waals surface area contributed by atoms with Gasteiger partial charge in [-0.3, -0.25) is 9.59 Å². The number of aliphatic hydroxyl groups excluding tert-OH is 1. The average Bonchev–Trinajstić information content (AvgIpc) is 3.44. The number of ketones is 1. The summed E-state index contributed by atoms with van der Waals surface area (Å²) in [5, 5.41) is 12.1. The van der Waals surface area contributed by atoms with Crippen molar-refractivity contribution in [3.05, 3.63) is 86.9 Å². The Morgan fingerprint density at radius 1 is 1.06 bits per heavy atom. The number of nitrogens with zero attached hydrogens (tertiary/aromatic N) is 3. The zero-order valence-electron chi connectivity index (χ0n) is 18.7. The predicted molar refractivity (Wildman–Crippen MR) is 135 cm³/mol. The lowest BCUT2D eigenvalue weighted by Crippen LogP contribution is -2.31. The number of hydrogen-bond donors (Lipinski definition) is 1. The van der Waals surface area contributed by atoms with Crippen LogP contribution in [-0.4, -0.2) is 44.4 Å². The van der Waals surface area contributed by atoms with Crippen LogP contribution in [0.15, 0.2) is 60.7 Å². The quantitative estimate of drug-likeness (QED) is 0.226. The van der Waals surface area contributed by atoms with Crippen LogP contribution < -0.4 is 4.74 Å². The number of aryl methyl sites for hydroxylation is 1. The van der Waals surface area contributed by atoms with Gasteiger partial charge in [-0.1, -0.05) is 40.9 Å². The van der Waals surface area contributed by atoms with Gasteiger partial charge in [-0.2, -0.15) is 0 Å². The van der Waals surface area contributed by atoms with Gasteiger partial charge in [0.15, 0.2) is 0 Å². The van der Waals surface area contributed by atoms with Gasteiger partial charge in [0.25, 0.3) is 11.7 Å². The number of likely N-dealkylation sites (tertiary alicyclic amines) is 1. The maximum atomic E-state index is 13.2. The lowest BCUT2D eigenvalue weighted by atomic mass is 9.95. The number of hydrogen-bond acceptors (Lipinski definition) is 5. The second-order valence-electron chi connectivity index (χ2n) is 7.90. The number of rotatable bonds is 8. The highest BCUT2D eigenvalue weighted by Crippen LogP contribution is 2.41. The summed E-state index contributed by atoms with van der Waals surface area (Å²) in [7, 11) is 0. The molecule has 0 radical (unpaired) electrons. The molecule has 1 atom stereocenters. The molecule has 10 heteroatoms. The summed E-state index contributed by atoms with van der Waals surface area (Å²) in [4.78, 5) is 31.7. The minimum absolute atomic E-state index is 0.0451. The molecule has 0 aliphatic carbocycles. The Kier molecular flexibility index (Phi) is 7.69. The summed E-state index contributed by atoms with van der Waals surface area (Å²) in [5.41, 5.74) is 0.802.